The van der Waals surface area contributed by atoms with E-state index in [1.165, 1.54) is 0 Å². The number of aromatic nitrogens is 4. The Balaban J connectivity index is 1.61. The highest BCUT2D eigenvalue weighted by Gasteiger charge is 2.34. The molecule has 12 heteroatoms. The standard InChI is InChI=1S/C28H33ClFN9O/c1-13-6-7-19-22(25(26(31)40)36-35-19)20(13)21-18(29)8-17-24(23(21)30)33-28(38-11-16(12-38)37(4)5)34-27(17)39-10-14(2)32-9-15(39)3/h6-8,14-16,32H,9-12H2,1-5H3,(H2,31,40)(H,35,36)/t14-,15+/m1/s1. The van der Waals surface area contributed by atoms with Gasteiger partial charge in [0.05, 0.1) is 10.5 Å². The van der Waals surface area contributed by atoms with Crippen LogP contribution < -0.4 is 20.9 Å². The number of carbonyl (C=O) groups is 1. The molecule has 210 valence electrons. The van der Waals surface area contributed by atoms with Gasteiger partial charge in [-0.1, -0.05) is 17.7 Å². The number of nitrogens with two attached hydrogens (primary N) is 1. The van der Waals surface area contributed by atoms with Crippen molar-refractivity contribution in [3.8, 4) is 11.1 Å². The molecule has 2 aliphatic heterocycles. The third-order valence-corrected chi connectivity index (χ3v) is 8.48. The maximum absolute atomic E-state index is 16.9. The maximum Gasteiger partial charge on any atom is 0.269 e. The summed E-state index contributed by atoms with van der Waals surface area (Å²) in [6, 6.07) is 6.11. The van der Waals surface area contributed by atoms with Crippen LogP contribution in [0.5, 0.6) is 0 Å². The number of aryl methyl sites for hydroxylation is 1. The van der Waals surface area contributed by atoms with Gasteiger partial charge in [0.2, 0.25) is 5.95 Å². The summed E-state index contributed by atoms with van der Waals surface area (Å²) in [5, 5.41) is 11.6. The summed E-state index contributed by atoms with van der Waals surface area (Å²) in [5.74, 6) is -0.128. The first kappa shape index (κ1) is 26.7. The minimum atomic E-state index is -0.711. The van der Waals surface area contributed by atoms with Crippen LogP contribution in [-0.4, -0.2) is 89.4 Å². The number of nitrogens with one attached hydrogen (secondary N) is 2. The lowest BCUT2D eigenvalue weighted by Crippen LogP contribution is -2.58. The average molecular weight is 566 g/mol. The first-order valence-electron chi connectivity index (χ1n) is 13.4. The lowest BCUT2D eigenvalue weighted by molar-refractivity contribution is 0.0997. The van der Waals surface area contributed by atoms with Gasteiger partial charge in [0, 0.05) is 66.2 Å². The van der Waals surface area contributed by atoms with Crippen LogP contribution in [0.15, 0.2) is 18.2 Å². The quantitative estimate of drug-likeness (QED) is 0.337. The molecule has 4 N–H and O–H groups in total. The maximum atomic E-state index is 16.9. The Hall–Kier alpha value is -3.54. The van der Waals surface area contributed by atoms with Gasteiger partial charge in [-0.05, 0) is 52.6 Å². The van der Waals surface area contributed by atoms with Gasteiger partial charge in [-0.2, -0.15) is 10.1 Å². The number of benzene rings is 2. The molecule has 10 nitrogen and oxygen atoms in total. The van der Waals surface area contributed by atoms with Gasteiger partial charge in [0.15, 0.2) is 11.5 Å². The van der Waals surface area contributed by atoms with Gasteiger partial charge < -0.3 is 25.8 Å². The fourth-order valence-electron chi connectivity index (χ4n) is 5.74. The molecule has 0 unspecified atom stereocenters. The van der Waals surface area contributed by atoms with Crippen LogP contribution in [0.25, 0.3) is 32.9 Å². The lowest BCUT2D eigenvalue weighted by Gasteiger charge is -2.43. The van der Waals surface area contributed by atoms with Crippen molar-refractivity contribution in [3.63, 3.8) is 0 Å². The summed E-state index contributed by atoms with van der Waals surface area (Å²) >= 11 is 6.90. The third-order valence-electron chi connectivity index (χ3n) is 8.18. The number of H-pyrrole nitrogens is 1. The second-order valence-corrected chi connectivity index (χ2v) is 11.6. The van der Waals surface area contributed by atoms with Gasteiger partial charge in [0.1, 0.15) is 11.3 Å². The zero-order valence-corrected chi connectivity index (χ0v) is 24.0. The fourth-order valence-corrected chi connectivity index (χ4v) is 6.02. The molecule has 1 amide bonds. The van der Waals surface area contributed by atoms with E-state index < -0.39 is 11.7 Å². The summed E-state index contributed by atoms with van der Waals surface area (Å²) in [6.45, 7) is 9.08. The smallest absolute Gasteiger partial charge is 0.269 e. The van der Waals surface area contributed by atoms with Crippen molar-refractivity contribution in [1.82, 2.24) is 30.4 Å². The van der Waals surface area contributed by atoms with Crippen LogP contribution in [0.4, 0.5) is 16.2 Å². The Morgan fingerprint density at radius 3 is 2.62 bits per heavy atom. The van der Waals surface area contributed by atoms with Crippen molar-refractivity contribution in [3.05, 3.63) is 40.3 Å². The molecular weight excluding hydrogens is 533 g/mol. The first-order valence-corrected chi connectivity index (χ1v) is 13.8. The largest absolute Gasteiger partial charge is 0.364 e. The van der Waals surface area contributed by atoms with Gasteiger partial charge in [0.25, 0.3) is 5.91 Å². The van der Waals surface area contributed by atoms with Crippen molar-refractivity contribution >= 4 is 51.1 Å². The molecule has 0 spiro atoms. The third kappa shape index (κ3) is 4.23. The van der Waals surface area contributed by atoms with Gasteiger partial charge in [-0.25, -0.2) is 9.37 Å². The van der Waals surface area contributed by atoms with Crippen molar-refractivity contribution in [1.29, 1.82) is 0 Å². The van der Waals surface area contributed by atoms with Crippen molar-refractivity contribution in [2.24, 2.45) is 5.73 Å². The number of carbonyl (C=O) groups excluding carboxylic acids is 1. The number of rotatable bonds is 5. The van der Waals surface area contributed by atoms with E-state index in [9.17, 15) is 4.79 Å². The van der Waals surface area contributed by atoms with E-state index in [1.54, 1.807) is 12.1 Å². The van der Waals surface area contributed by atoms with Crippen molar-refractivity contribution in [2.45, 2.75) is 38.9 Å². The summed E-state index contributed by atoms with van der Waals surface area (Å²) in [4.78, 5) is 28.5. The van der Waals surface area contributed by atoms with Gasteiger partial charge in [-0.15, -0.1) is 0 Å². The fraction of sp³-hybridized carbons (Fsp3) is 0.429. The molecule has 0 saturated carbocycles. The number of amides is 1. The molecule has 4 heterocycles. The lowest BCUT2D eigenvalue weighted by atomic mass is 9.93. The number of hydrogen-bond donors (Lipinski definition) is 3. The molecule has 2 fully saturated rings. The number of piperazine rings is 1. The molecule has 4 aromatic rings. The summed E-state index contributed by atoms with van der Waals surface area (Å²) in [6.07, 6.45) is 0. The second kappa shape index (κ2) is 9.83. The van der Waals surface area contributed by atoms with Crippen LogP contribution in [0.1, 0.15) is 29.9 Å². The molecule has 6 rings (SSSR count). The zero-order valence-electron chi connectivity index (χ0n) is 23.2. The Morgan fingerprint density at radius 1 is 1.18 bits per heavy atom. The number of primary amides is 1. The Kier molecular flexibility index (Phi) is 6.55. The number of anilines is 2. The highest BCUT2D eigenvalue weighted by Crippen LogP contribution is 2.43. The van der Waals surface area contributed by atoms with Crippen LogP contribution in [0.3, 0.4) is 0 Å². The Morgan fingerprint density at radius 2 is 1.93 bits per heavy atom. The number of halogens is 2. The molecule has 2 aromatic heterocycles. The summed E-state index contributed by atoms with van der Waals surface area (Å²) in [7, 11) is 4.09. The average Bonchev–Trinajstić information content (AvgIpc) is 3.30. The highest BCUT2D eigenvalue weighted by atomic mass is 35.5. The van der Waals surface area contributed by atoms with Crippen molar-refractivity contribution < 1.29 is 9.18 Å². The highest BCUT2D eigenvalue weighted by molar-refractivity contribution is 6.35. The summed E-state index contributed by atoms with van der Waals surface area (Å²) < 4.78 is 16.9. The predicted octanol–water partition coefficient (Wildman–Crippen LogP) is 3.31. The van der Waals surface area contributed by atoms with E-state index in [1.807, 2.05) is 27.1 Å². The molecule has 2 atom stereocenters. The van der Waals surface area contributed by atoms with Gasteiger partial charge in [-0.3, -0.25) is 9.89 Å². The molecule has 0 radical (unpaired) electrons. The minimum Gasteiger partial charge on any atom is -0.364 e. The number of fused-ring (bicyclic) bond motifs is 2. The van der Waals surface area contributed by atoms with Crippen LogP contribution in [-0.2, 0) is 0 Å². The number of nitrogens with zero attached hydrogens (tertiary/aromatic N) is 6. The van der Waals surface area contributed by atoms with Crippen LogP contribution >= 0.6 is 11.6 Å². The second-order valence-electron chi connectivity index (χ2n) is 11.2. The molecule has 0 aliphatic carbocycles. The molecule has 40 heavy (non-hydrogen) atoms. The normalized spacial score (nSPS) is 20.1. The predicted molar refractivity (Wildman–Crippen MR) is 157 cm³/mol. The van der Waals surface area contributed by atoms with Crippen LogP contribution in [0, 0.1) is 12.7 Å². The number of hydrogen-bond acceptors (Lipinski definition) is 8. The Labute approximate surface area is 236 Å². The monoisotopic (exact) mass is 565 g/mol. The molecule has 0 bridgehead atoms. The SMILES string of the molecule is Cc1ccc2[nH]nc(C(N)=O)c2c1-c1c(Cl)cc2c(N3C[C@@H](C)NC[C@@H]3C)nc(N3CC(N(C)C)C3)nc2c1F. The van der Waals surface area contributed by atoms with Gasteiger partial charge >= 0.3 is 0 Å². The minimum absolute atomic E-state index is 0.0345. The molecule has 2 aromatic carbocycles. The van der Waals surface area contributed by atoms with E-state index in [0.717, 1.165) is 25.2 Å². The topological polar surface area (TPSA) is 119 Å². The number of aromatic amines is 1. The van der Waals surface area contributed by atoms with Crippen molar-refractivity contribution in [2.75, 3.05) is 50.1 Å². The molecular formula is C28H33ClFN9O. The van der Waals surface area contributed by atoms with Crippen LogP contribution in [0.2, 0.25) is 5.02 Å². The van der Waals surface area contributed by atoms with E-state index in [2.05, 4.69) is 44.1 Å². The first-order chi connectivity index (χ1) is 19.0. The summed E-state index contributed by atoms with van der Waals surface area (Å²) in [5.41, 5.74) is 7.77. The molecule has 2 saturated heterocycles. The van der Waals surface area contributed by atoms with E-state index in [-0.39, 0.29) is 33.9 Å². The Bertz CT molecular complexity index is 1650. The van der Waals surface area contributed by atoms with E-state index in [4.69, 9.17) is 27.3 Å². The van der Waals surface area contributed by atoms with E-state index in [0.29, 0.717) is 46.2 Å². The number of likely N-dealkylation sites (N-methyl/N-ethyl adjacent to an activating group) is 1. The zero-order chi connectivity index (χ0) is 28.5. The molecule has 2 aliphatic rings. The van der Waals surface area contributed by atoms with E-state index >= 15 is 4.39 Å².